The highest BCUT2D eigenvalue weighted by Gasteiger charge is 2.63. The number of carbonyl (C=O) groups excluding carboxylic acids is 3. The number of nitrogens with zero attached hydrogens (tertiary/aromatic N) is 5. The lowest BCUT2D eigenvalue weighted by molar-refractivity contribution is -0.134. The Balaban J connectivity index is 1.21. The fourth-order valence-corrected chi connectivity index (χ4v) is 9.10. The van der Waals surface area contributed by atoms with Crippen molar-refractivity contribution in [2.75, 3.05) is 27.2 Å². The minimum Gasteiger partial charge on any atom is -0.495 e. The summed E-state index contributed by atoms with van der Waals surface area (Å²) in [5.41, 5.74) is -0.469. The van der Waals surface area contributed by atoms with E-state index >= 15 is 0 Å². The van der Waals surface area contributed by atoms with E-state index in [9.17, 15) is 28.1 Å². The molecule has 2 aliphatic carbocycles. The number of nitriles is 1. The molecule has 0 bridgehead atoms. The van der Waals surface area contributed by atoms with E-state index < -0.39 is 50.3 Å². The van der Waals surface area contributed by atoms with Crippen LogP contribution in [-0.2, 0) is 19.6 Å². The van der Waals surface area contributed by atoms with Gasteiger partial charge in [0.05, 0.1) is 23.9 Å². The number of benzene rings is 1. The van der Waals surface area contributed by atoms with Gasteiger partial charge >= 0.3 is 6.03 Å². The van der Waals surface area contributed by atoms with Crippen LogP contribution in [0, 0.1) is 17.2 Å². The monoisotopic (exact) mass is 767 g/mol. The highest BCUT2D eigenvalue weighted by atomic mass is 35.5. The number of urea groups is 1. The molecule has 4 heterocycles. The highest BCUT2D eigenvalue weighted by Crippen LogP contribution is 2.48. The van der Waals surface area contributed by atoms with Crippen molar-refractivity contribution in [2.45, 2.75) is 74.3 Å². The standard InChI is InChI=1S/C35H38ClN7O7S2/c1-34(11-12-34)52(47,48)41-32(45)35-16-20(35)8-6-4-5-7-13-42(2)31(44)25-14-22(18-43(25)33(46)40-35)50-27-15-24(30-38-21(17-37)19-51-30)39-29-23(27)9-10-26(49-3)28(29)36/h6,8-10,15,19-20,22,25H,4-5,7,11-14,16,18H2,1-3H3,(H,40,46)(H,41,45)/b8-6-/t20?,22-,25-,35+/m0/s1. The van der Waals surface area contributed by atoms with Gasteiger partial charge in [-0.2, -0.15) is 5.26 Å². The van der Waals surface area contributed by atoms with Crippen LogP contribution >= 0.6 is 22.9 Å². The molecule has 7 rings (SSSR count). The number of methoxy groups -OCH3 is 1. The minimum atomic E-state index is -3.96. The van der Waals surface area contributed by atoms with Crippen LogP contribution in [0.1, 0.15) is 57.6 Å². The molecule has 2 aliphatic heterocycles. The first-order valence-corrected chi connectivity index (χ1v) is 19.8. The van der Waals surface area contributed by atoms with Gasteiger partial charge in [0.25, 0.3) is 5.91 Å². The molecule has 0 radical (unpaired) electrons. The maximum atomic E-state index is 14.2. The Kier molecular flexibility index (Phi) is 9.33. The van der Waals surface area contributed by atoms with Crippen molar-refractivity contribution in [3.8, 4) is 28.3 Å². The Morgan fingerprint density at radius 1 is 1.21 bits per heavy atom. The van der Waals surface area contributed by atoms with Crippen molar-refractivity contribution in [2.24, 2.45) is 5.92 Å². The number of fused-ring (bicyclic) bond motifs is 3. The fourth-order valence-electron chi connectivity index (χ4n) is 6.80. The van der Waals surface area contributed by atoms with Crippen LogP contribution in [0.4, 0.5) is 4.79 Å². The van der Waals surface area contributed by atoms with Gasteiger partial charge in [0.2, 0.25) is 15.9 Å². The van der Waals surface area contributed by atoms with Crippen LogP contribution in [0.2, 0.25) is 5.02 Å². The maximum absolute atomic E-state index is 14.2. The van der Waals surface area contributed by atoms with Gasteiger partial charge in [0, 0.05) is 42.8 Å². The summed E-state index contributed by atoms with van der Waals surface area (Å²) < 4.78 is 39.4. The Hall–Kier alpha value is -4.46. The van der Waals surface area contributed by atoms with E-state index in [4.69, 9.17) is 26.1 Å². The van der Waals surface area contributed by atoms with Crippen molar-refractivity contribution < 1.29 is 32.3 Å². The van der Waals surface area contributed by atoms with Crippen molar-refractivity contribution in [3.63, 3.8) is 0 Å². The predicted octanol–water partition coefficient (Wildman–Crippen LogP) is 4.38. The number of hydrogen-bond acceptors (Lipinski definition) is 11. The molecule has 4 atom stereocenters. The molecular weight excluding hydrogens is 730 g/mol. The topological polar surface area (TPSA) is 184 Å². The quantitative estimate of drug-likeness (QED) is 0.327. The number of halogens is 1. The number of amides is 4. The molecular formula is C35H38ClN7O7S2. The number of rotatable bonds is 7. The molecule has 1 saturated heterocycles. The SMILES string of the molecule is COc1ccc2c(O[C@H]3C[C@H]4C(=O)N(C)CCCC/C=C\C5C[C@@]5(C(=O)NS(=O)(=O)C5(C)CC5)NC(=O)N4C3)cc(-c3nc(C#N)cs3)nc2c1Cl. The molecule has 4 aliphatic rings. The zero-order valence-corrected chi connectivity index (χ0v) is 31.2. The average molecular weight is 768 g/mol. The van der Waals surface area contributed by atoms with Crippen molar-refractivity contribution in [1.82, 2.24) is 29.8 Å². The first-order chi connectivity index (χ1) is 24.8. The lowest BCUT2D eigenvalue weighted by atomic mass is 10.1. The van der Waals surface area contributed by atoms with E-state index in [-0.39, 0.29) is 36.0 Å². The summed E-state index contributed by atoms with van der Waals surface area (Å²) in [5, 5.41) is 15.1. The molecule has 1 unspecified atom stereocenters. The number of ether oxygens (including phenoxy) is 2. The summed E-state index contributed by atoms with van der Waals surface area (Å²) in [6.07, 6.45) is 6.65. The van der Waals surface area contributed by atoms with Gasteiger partial charge in [-0.3, -0.25) is 14.3 Å². The lowest BCUT2D eigenvalue weighted by Gasteiger charge is -2.30. The zero-order valence-electron chi connectivity index (χ0n) is 28.8. The van der Waals surface area contributed by atoms with Crippen molar-refractivity contribution in [1.29, 1.82) is 5.26 Å². The second-order valence-electron chi connectivity index (χ2n) is 14.1. The van der Waals surface area contributed by atoms with E-state index in [1.54, 1.807) is 42.5 Å². The van der Waals surface area contributed by atoms with E-state index in [0.29, 0.717) is 58.9 Å². The van der Waals surface area contributed by atoms with Gasteiger partial charge in [0.15, 0.2) is 5.69 Å². The molecule has 4 amide bonds. The second-order valence-corrected chi connectivity index (χ2v) is 17.5. The Morgan fingerprint density at radius 2 is 2.00 bits per heavy atom. The third-order valence-electron chi connectivity index (χ3n) is 10.4. The summed E-state index contributed by atoms with van der Waals surface area (Å²) in [4.78, 5) is 53.9. The Labute approximate surface area is 310 Å². The van der Waals surface area contributed by atoms with Crippen LogP contribution in [0.15, 0.2) is 35.7 Å². The number of nitrogens with one attached hydrogen (secondary N) is 2. The summed E-state index contributed by atoms with van der Waals surface area (Å²) in [6, 6.07) is 5.56. The van der Waals surface area contributed by atoms with Crippen LogP contribution in [0.5, 0.6) is 11.5 Å². The number of aromatic nitrogens is 2. The lowest BCUT2D eigenvalue weighted by Crippen LogP contribution is -2.58. The van der Waals surface area contributed by atoms with Crippen molar-refractivity contribution >= 4 is 61.7 Å². The number of allylic oxidation sites excluding steroid dienone is 1. The van der Waals surface area contributed by atoms with E-state index in [0.717, 1.165) is 12.8 Å². The van der Waals surface area contributed by atoms with Gasteiger partial charge < -0.3 is 24.6 Å². The molecule has 3 aromatic rings. The molecule has 2 saturated carbocycles. The van der Waals surface area contributed by atoms with Gasteiger partial charge in [-0.25, -0.2) is 23.2 Å². The van der Waals surface area contributed by atoms with Gasteiger partial charge in [0.1, 0.15) is 51.0 Å². The first kappa shape index (κ1) is 35.9. The molecule has 0 spiro atoms. The van der Waals surface area contributed by atoms with Crippen LogP contribution < -0.4 is 19.5 Å². The van der Waals surface area contributed by atoms with Crippen LogP contribution in [-0.4, -0.2) is 95.7 Å². The largest absolute Gasteiger partial charge is 0.495 e. The fraction of sp³-hybridized carbons (Fsp3) is 0.486. The molecule has 2 aromatic heterocycles. The number of thiazole rings is 1. The van der Waals surface area contributed by atoms with Gasteiger partial charge in [-0.1, -0.05) is 23.8 Å². The van der Waals surface area contributed by atoms with Crippen molar-refractivity contribution in [3.05, 3.63) is 46.4 Å². The number of hydrogen-bond donors (Lipinski definition) is 2. The third-order valence-corrected chi connectivity index (χ3v) is 13.8. The smallest absolute Gasteiger partial charge is 0.319 e. The molecule has 2 N–H and O–H groups in total. The second kappa shape index (κ2) is 13.5. The first-order valence-electron chi connectivity index (χ1n) is 17.1. The average Bonchev–Trinajstić information content (AvgIpc) is 3.90. The Bertz CT molecular complexity index is 2150. The predicted molar refractivity (Wildman–Crippen MR) is 193 cm³/mol. The summed E-state index contributed by atoms with van der Waals surface area (Å²) in [7, 11) is -0.772. The zero-order chi connectivity index (χ0) is 37.0. The van der Waals surface area contributed by atoms with Gasteiger partial charge in [-0.05, 0) is 57.6 Å². The number of pyridine rings is 1. The molecule has 52 heavy (non-hydrogen) atoms. The summed E-state index contributed by atoms with van der Waals surface area (Å²) in [6.45, 7) is 2.07. The molecule has 1 aromatic carbocycles. The molecule has 14 nitrogen and oxygen atoms in total. The third kappa shape index (κ3) is 6.54. The number of sulfonamides is 1. The summed E-state index contributed by atoms with van der Waals surface area (Å²) in [5.74, 6) is -0.702. The maximum Gasteiger partial charge on any atom is 0.319 e. The van der Waals surface area contributed by atoms with Crippen LogP contribution in [0.3, 0.4) is 0 Å². The van der Waals surface area contributed by atoms with E-state index in [1.807, 2.05) is 18.2 Å². The van der Waals surface area contributed by atoms with E-state index in [1.165, 1.54) is 23.3 Å². The Morgan fingerprint density at radius 3 is 2.71 bits per heavy atom. The minimum absolute atomic E-state index is 0.0104. The molecule has 274 valence electrons. The normalized spacial score (nSPS) is 26.3. The molecule has 17 heteroatoms. The number of likely N-dealkylation sites (N-methyl/N-ethyl adjacent to an activating group) is 1. The van der Waals surface area contributed by atoms with Gasteiger partial charge in [-0.15, -0.1) is 11.3 Å². The number of carbonyl (C=O) groups is 3. The van der Waals surface area contributed by atoms with Crippen LogP contribution in [0.25, 0.3) is 21.6 Å². The summed E-state index contributed by atoms with van der Waals surface area (Å²) >= 11 is 7.96. The molecule has 3 fully saturated rings. The highest BCUT2D eigenvalue weighted by molar-refractivity contribution is 7.91. The van der Waals surface area contributed by atoms with E-state index in [2.05, 4.69) is 15.0 Å².